The normalized spacial score (nSPS) is 12.6. The van der Waals surface area contributed by atoms with Gasteiger partial charge in [0.15, 0.2) is 17.3 Å². The summed E-state index contributed by atoms with van der Waals surface area (Å²) in [6.07, 6.45) is 3.06. The Kier molecular flexibility index (Phi) is 4.12. The molecule has 2 aromatic carbocycles. The van der Waals surface area contributed by atoms with Crippen LogP contribution in [0.4, 0.5) is 5.69 Å². The van der Waals surface area contributed by atoms with Gasteiger partial charge in [-0.3, -0.25) is 14.9 Å². The molecule has 0 bridgehead atoms. The maximum Gasteiger partial charge on any atom is 0.269 e. The SMILES string of the molecule is O=C(/C=C/c1cc(Br)c2c(c1)OCO2)c1ccc([N+](=O)[O-])cc1. The molecule has 0 unspecified atom stereocenters. The van der Waals surface area contributed by atoms with Crippen LogP contribution in [-0.2, 0) is 0 Å². The van der Waals surface area contributed by atoms with Crippen LogP contribution in [-0.4, -0.2) is 17.5 Å². The molecule has 6 nitrogen and oxygen atoms in total. The molecule has 3 rings (SSSR count). The van der Waals surface area contributed by atoms with E-state index in [0.29, 0.717) is 17.1 Å². The molecule has 0 amide bonds. The number of halogens is 1. The van der Waals surface area contributed by atoms with Crippen LogP contribution in [0.3, 0.4) is 0 Å². The van der Waals surface area contributed by atoms with Crippen molar-refractivity contribution in [1.82, 2.24) is 0 Å². The van der Waals surface area contributed by atoms with Gasteiger partial charge in [0.2, 0.25) is 6.79 Å². The van der Waals surface area contributed by atoms with E-state index < -0.39 is 4.92 Å². The maximum absolute atomic E-state index is 12.1. The number of fused-ring (bicyclic) bond motifs is 1. The first-order valence-corrected chi connectivity index (χ1v) is 7.40. The summed E-state index contributed by atoms with van der Waals surface area (Å²) in [5.41, 5.74) is 1.10. The number of ether oxygens (including phenoxy) is 2. The van der Waals surface area contributed by atoms with Crippen molar-refractivity contribution in [3.05, 3.63) is 68.2 Å². The van der Waals surface area contributed by atoms with Gasteiger partial charge in [0.25, 0.3) is 5.69 Å². The summed E-state index contributed by atoms with van der Waals surface area (Å²) in [4.78, 5) is 22.2. The summed E-state index contributed by atoms with van der Waals surface area (Å²) in [7, 11) is 0. The molecule has 1 aliphatic heterocycles. The second-order valence-electron chi connectivity index (χ2n) is 4.74. The molecular weight excluding hydrogens is 366 g/mol. The quantitative estimate of drug-likeness (QED) is 0.349. The number of nitro groups is 1. The smallest absolute Gasteiger partial charge is 0.269 e. The number of carbonyl (C=O) groups excluding carboxylic acids is 1. The Labute approximate surface area is 139 Å². The topological polar surface area (TPSA) is 78.7 Å². The van der Waals surface area contributed by atoms with E-state index in [0.717, 1.165) is 10.0 Å². The summed E-state index contributed by atoms with van der Waals surface area (Å²) >= 11 is 3.38. The molecule has 1 aliphatic rings. The van der Waals surface area contributed by atoms with Gasteiger partial charge in [0.05, 0.1) is 9.40 Å². The number of carbonyl (C=O) groups is 1. The first kappa shape index (κ1) is 15.2. The fourth-order valence-electron chi connectivity index (χ4n) is 2.10. The van der Waals surface area contributed by atoms with Gasteiger partial charge in [-0.2, -0.15) is 0 Å². The van der Waals surface area contributed by atoms with Crippen LogP contribution in [0.15, 0.2) is 46.9 Å². The van der Waals surface area contributed by atoms with Crippen molar-refractivity contribution >= 4 is 33.5 Å². The van der Waals surface area contributed by atoms with Crippen LogP contribution in [0.2, 0.25) is 0 Å². The second-order valence-corrected chi connectivity index (χ2v) is 5.59. The lowest BCUT2D eigenvalue weighted by Crippen LogP contribution is -1.95. The van der Waals surface area contributed by atoms with E-state index in [-0.39, 0.29) is 18.3 Å². The number of nitro benzene ring substituents is 1. The summed E-state index contributed by atoms with van der Waals surface area (Å²) in [5.74, 6) is 1.01. The largest absolute Gasteiger partial charge is 0.454 e. The lowest BCUT2D eigenvalue weighted by molar-refractivity contribution is -0.384. The summed E-state index contributed by atoms with van der Waals surface area (Å²) in [5, 5.41) is 10.6. The minimum Gasteiger partial charge on any atom is -0.454 e. The molecule has 2 aromatic rings. The lowest BCUT2D eigenvalue weighted by Gasteiger charge is -2.01. The third-order valence-electron chi connectivity index (χ3n) is 3.24. The van der Waals surface area contributed by atoms with E-state index in [1.54, 1.807) is 12.1 Å². The van der Waals surface area contributed by atoms with Crippen molar-refractivity contribution in [3.63, 3.8) is 0 Å². The van der Waals surface area contributed by atoms with Gasteiger partial charge < -0.3 is 9.47 Å². The fourth-order valence-corrected chi connectivity index (χ4v) is 2.67. The molecule has 0 spiro atoms. The molecule has 7 heteroatoms. The molecule has 0 radical (unpaired) electrons. The number of nitrogens with zero attached hydrogens (tertiary/aromatic N) is 1. The van der Waals surface area contributed by atoms with Gasteiger partial charge in [-0.05, 0) is 51.8 Å². The second kappa shape index (κ2) is 6.21. The zero-order valence-electron chi connectivity index (χ0n) is 11.7. The Hall–Kier alpha value is -2.67. The van der Waals surface area contributed by atoms with Crippen molar-refractivity contribution in [2.24, 2.45) is 0 Å². The molecule has 0 atom stereocenters. The zero-order valence-corrected chi connectivity index (χ0v) is 13.3. The van der Waals surface area contributed by atoms with E-state index >= 15 is 0 Å². The molecule has 0 fully saturated rings. The average Bonchev–Trinajstić information content (AvgIpc) is 3.02. The monoisotopic (exact) mass is 375 g/mol. The first-order valence-electron chi connectivity index (χ1n) is 6.60. The third kappa shape index (κ3) is 3.24. The number of allylic oxidation sites excluding steroid dienone is 1. The summed E-state index contributed by atoms with van der Waals surface area (Å²) in [6, 6.07) is 9.05. The Morgan fingerprint density at radius 1 is 1.22 bits per heavy atom. The molecule has 1 heterocycles. The van der Waals surface area contributed by atoms with Crippen molar-refractivity contribution < 1.29 is 19.2 Å². The van der Waals surface area contributed by atoms with Gasteiger partial charge >= 0.3 is 0 Å². The number of non-ortho nitro benzene ring substituents is 1. The standard InChI is InChI=1S/C16H10BrNO5/c17-13-7-10(8-15-16(13)23-9-22-15)1-6-14(19)11-2-4-12(5-3-11)18(20)21/h1-8H,9H2/b6-1+. The highest BCUT2D eigenvalue weighted by atomic mass is 79.9. The molecule has 23 heavy (non-hydrogen) atoms. The highest BCUT2D eigenvalue weighted by molar-refractivity contribution is 9.10. The number of benzene rings is 2. The number of ketones is 1. The minimum atomic E-state index is -0.506. The van der Waals surface area contributed by atoms with Gasteiger partial charge in [-0.25, -0.2) is 0 Å². The van der Waals surface area contributed by atoms with E-state index in [2.05, 4.69) is 15.9 Å². The Morgan fingerprint density at radius 3 is 2.65 bits per heavy atom. The van der Waals surface area contributed by atoms with Crippen molar-refractivity contribution in [2.75, 3.05) is 6.79 Å². The average molecular weight is 376 g/mol. The number of hydrogen-bond donors (Lipinski definition) is 0. The van der Waals surface area contributed by atoms with E-state index in [4.69, 9.17) is 9.47 Å². The minimum absolute atomic E-state index is 0.0507. The fraction of sp³-hybridized carbons (Fsp3) is 0.0625. The van der Waals surface area contributed by atoms with E-state index in [1.807, 2.05) is 6.07 Å². The van der Waals surface area contributed by atoms with Gasteiger partial charge in [-0.1, -0.05) is 6.08 Å². The highest BCUT2D eigenvalue weighted by Crippen LogP contribution is 2.40. The zero-order chi connectivity index (χ0) is 16.4. The Bertz CT molecular complexity index is 814. The molecule has 0 saturated heterocycles. The molecule has 0 N–H and O–H groups in total. The molecule has 116 valence electrons. The lowest BCUT2D eigenvalue weighted by atomic mass is 10.1. The van der Waals surface area contributed by atoms with Crippen LogP contribution in [0.1, 0.15) is 15.9 Å². The van der Waals surface area contributed by atoms with Crippen molar-refractivity contribution in [3.8, 4) is 11.5 Å². The van der Waals surface area contributed by atoms with Crippen LogP contribution in [0.5, 0.6) is 11.5 Å². The van der Waals surface area contributed by atoms with E-state index in [9.17, 15) is 14.9 Å². The molecule has 0 aliphatic carbocycles. The van der Waals surface area contributed by atoms with Crippen LogP contribution >= 0.6 is 15.9 Å². The number of hydrogen-bond acceptors (Lipinski definition) is 5. The van der Waals surface area contributed by atoms with Crippen LogP contribution < -0.4 is 9.47 Å². The Morgan fingerprint density at radius 2 is 1.96 bits per heavy atom. The van der Waals surface area contributed by atoms with Crippen molar-refractivity contribution in [1.29, 1.82) is 0 Å². The summed E-state index contributed by atoms with van der Waals surface area (Å²) in [6.45, 7) is 0.169. The van der Waals surface area contributed by atoms with Crippen LogP contribution in [0.25, 0.3) is 6.08 Å². The highest BCUT2D eigenvalue weighted by Gasteiger charge is 2.17. The van der Waals surface area contributed by atoms with Gasteiger partial charge in [0, 0.05) is 17.7 Å². The van der Waals surface area contributed by atoms with Crippen LogP contribution in [0, 0.1) is 10.1 Å². The summed E-state index contributed by atoms with van der Waals surface area (Å²) < 4.78 is 11.4. The predicted octanol–water partition coefficient (Wildman–Crippen LogP) is 3.98. The van der Waals surface area contributed by atoms with Gasteiger partial charge in [-0.15, -0.1) is 0 Å². The third-order valence-corrected chi connectivity index (χ3v) is 3.83. The van der Waals surface area contributed by atoms with Crippen molar-refractivity contribution in [2.45, 2.75) is 0 Å². The van der Waals surface area contributed by atoms with E-state index in [1.165, 1.54) is 30.3 Å². The first-order chi connectivity index (χ1) is 11.0. The molecule has 0 saturated carbocycles. The molecular formula is C16H10BrNO5. The molecule has 0 aromatic heterocycles. The number of rotatable bonds is 4. The predicted molar refractivity (Wildman–Crippen MR) is 86.7 cm³/mol. The maximum atomic E-state index is 12.1. The van der Waals surface area contributed by atoms with Gasteiger partial charge in [0.1, 0.15) is 0 Å². The Balaban J connectivity index is 1.78.